The maximum absolute atomic E-state index is 8.72. The molecule has 1 heterocycles. The second-order valence-corrected chi connectivity index (χ2v) is 5.44. The number of hydrogen-bond donors (Lipinski definition) is 0. The van der Waals surface area contributed by atoms with Gasteiger partial charge in [-0.1, -0.05) is 18.2 Å². The maximum atomic E-state index is 8.72. The van der Waals surface area contributed by atoms with Gasteiger partial charge in [-0.05, 0) is 31.9 Å². The first-order valence-electron chi connectivity index (χ1n) is 7.66. The number of ether oxygens (including phenoxy) is 2. The van der Waals surface area contributed by atoms with Crippen molar-refractivity contribution < 1.29 is 9.47 Å². The molecule has 1 aliphatic rings. The van der Waals surface area contributed by atoms with Gasteiger partial charge in [-0.3, -0.25) is 4.90 Å². The molecule has 1 atom stereocenters. The Bertz CT molecular complexity index is 464. The Morgan fingerprint density at radius 3 is 3.00 bits per heavy atom. The van der Waals surface area contributed by atoms with E-state index in [-0.39, 0.29) is 0 Å². The predicted molar refractivity (Wildman–Crippen MR) is 82.1 cm³/mol. The van der Waals surface area contributed by atoms with Gasteiger partial charge >= 0.3 is 0 Å². The summed E-state index contributed by atoms with van der Waals surface area (Å²) >= 11 is 0. The Hall–Kier alpha value is -1.57. The monoisotopic (exact) mass is 288 g/mol. The molecule has 0 saturated carbocycles. The van der Waals surface area contributed by atoms with Gasteiger partial charge < -0.3 is 9.47 Å². The van der Waals surface area contributed by atoms with Crippen LogP contribution in [0.15, 0.2) is 24.3 Å². The predicted octanol–water partition coefficient (Wildman–Crippen LogP) is 2.98. The highest BCUT2D eigenvalue weighted by Gasteiger charge is 2.19. The van der Waals surface area contributed by atoms with E-state index in [1.54, 1.807) is 7.11 Å². The molecule has 1 aromatic rings. The molecule has 1 aromatic carbocycles. The normalized spacial score (nSPS) is 17.9. The molecule has 114 valence electrons. The van der Waals surface area contributed by atoms with Crippen LogP contribution in [-0.4, -0.2) is 37.8 Å². The van der Waals surface area contributed by atoms with Crippen molar-refractivity contribution in [2.45, 2.75) is 38.3 Å². The van der Waals surface area contributed by atoms with Crippen molar-refractivity contribution in [3.63, 3.8) is 0 Å². The van der Waals surface area contributed by atoms with Crippen molar-refractivity contribution >= 4 is 0 Å². The average molecular weight is 288 g/mol. The smallest absolute Gasteiger partial charge is 0.123 e. The Kier molecular flexibility index (Phi) is 6.52. The van der Waals surface area contributed by atoms with Gasteiger partial charge in [-0.25, -0.2) is 0 Å². The van der Waals surface area contributed by atoms with Crippen LogP contribution < -0.4 is 4.74 Å². The van der Waals surface area contributed by atoms with Crippen LogP contribution in [0.3, 0.4) is 0 Å². The number of hydrogen-bond acceptors (Lipinski definition) is 4. The number of benzene rings is 1. The highest BCUT2D eigenvalue weighted by molar-refractivity contribution is 5.33. The van der Waals surface area contributed by atoms with E-state index in [9.17, 15) is 0 Å². The summed E-state index contributed by atoms with van der Waals surface area (Å²) in [5.41, 5.74) is 1.19. The molecule has 0 amide bonds. The number of para-hydroxylation sites is 1. The van der Waals surface area contributed by atoms with Gasteiger partial charge in [-0.15, -0.1) is 0 Å². The Labute approximate surface area is 127 Å². The molecule has 1 fully saturated rings. The van der Waals surface area contributed by atoms with Gasteiger partial charge in [0.15, 0.2) is 0 Å². The summed E-state index contributed by atoms with van der Waals surface area (Å²) in [7, 11) is 1.71. The zero-order valence-corrected chi connectivity index (χ0v) is 12.8. The van der Waals surface area contributed by atoms with Crippen LogP contribution in [-0.2, 0) is 11.3 Å². The molecular formula is C17H24N2O2. The topological polar surface area (TPSA) is 45.5 Å². The van der Waals surface area contributed by atoms with Crippen LogP contribution in [0.25, 0.3) is 0 Å². The molecule has 1 unspecified atom stereocenters. The summed E-state index contributed by atoms with van der Waals surface area (Å²) in [4.78, 5) is 2.38. The van der Waals surface area contributed by atoms with Crippen molar-refractivity contribution in [1.82, 2.24) is 4.90 Å². The zero-order valence-electron chi connectivity index (χ0n) is 12.8. The van der Waals surface area contributed by atoms with Gasteiger partial charge in [0.25, 0.3) is 0 Å². The van der Waals surface area contributed by atoms with Crippen LogP contribution in [0.1, 0.15) is 31.2 Å². The number of nitriles is 1. The SMILES string of the molecule is COc1ccccc1CN(CCCC#N)CC1CCCO1. The summed E-state index contributed by atoms with van der Waals surface area (Å²) in [6, 6.07) is 10.3. The first-order chi connectivity index (χ1) is 10.3. The van der Waals surface area contributed by atoms with E-state index in [2.05, 4.69) is 17.0 Å². The van der Waals surface area contributed by atoms with Crippen molar-refractivity contribution in [2.75, 3.05) is 26.8 Å². The van der Waals surface area contributed by atoms with E-state index >= 15 is 0 Å². The lowest BCUT2D eigenvalue weighted by molar-refractivity contribution is 0.0700. The van der Waals surface area contributed by atoms with Crippen LogP contribution in [0.4, 0.5) is 0 Å². The van der Waals surface area contributed by atoms with E-state index in [4.69, 9.17) is 14.7 Å². The van der Waals surface area contributed by atoms with Gasteiger partial charge in [-0.2, -0.15) is 5.26 Å². The fourth-order valence-corrected chi connectivity index (χ4v) is 2.77. The van der Waals surface area contributed by atoms with Crippen LogP contribution in [0, 0.1) is 11.3 Å². The third-order valence-electron chi connectivity index (χ3n) is 3.84. The number of nitrogens with zero attached hydrogens (tertiary/aromatic N) is 2. The molecule has 0 aliphatic carbocycles. The zero-order chi connectivity index (χ0) is 14.9. The lowest BCUT2D eigenvalue weighted by Gasteiger charge is -2.25. The van der Waals surface area contributed by atoms with E-state index < -0.39 is 0 Å². The second-order valence-electron chi connectivity index (χ2n) is 5.44. The molecule has 1 saturated heterocycles. The molecule has 21 heavy (non-hydrogen) atoms. The van der Waals surface area contributed by atoms with Crippen molar-refractivity contribution in [2.24, 2.45) is 0 Å². The molecule has 0 spiro atoms. The van der Waals surface area contributed by atoms with Gasteiger partial charge in [0.1, 0.15) is 5.75 Å². The van der Waals surface area contributed by atoms with Gasteiger partial charge in [0.2, 0.25) is 0 Å². The van der Waals surface area contributed by atoms with E-state index in [0.29, 0.717) is 12.5 Å². The van der Waals surface area contributed by atoms with Gasteiger partial charge in [0.05, 0.1) is 19.3 Å². The standard InChI is InChI=1S/C17H24N2O2/c1-20-17-9-3-2-7-15(17)13-19(11-5-4-10-18)14-16-8-6-12-21-16/h2-3,7,9,16H,4-6,8,11-14H2,1H3. The van der Waals surface area contributed by atoms with Gasteiger partial charge in [0, 0.05) is 31.7 Å². The summed E-state index contributed by atoms with van der Waals surface area (Å²) in [5, 5.41) is 8.72. The summed E-state index contributed by atoms with van der Waals surface area (Å²) in [6.45, 7) is 3.58. The minimum atomic E-state index is 0.335. The first-order valence-corrected chi connectivity index (χ1v) is 7.66. The average Bonchev–Trinajstić information content (AvgIpc) is 3.01. The molecular weight excluding hydrogens is 264 g/mol. The molecule has 0 radical (unpaired) electrons. The number of methoxy groups -OCH3 is 1. The van der Waals surface area contributed by atoms with E-state index in [1.165, 1.54) is 5.56 Å². The number of unbranched alkanes of at least 4 members (excludes halogenated alkanes) is 1. The third kappa shape index (κ3) is 5.04. The van der Waals surface area contributed by atoms with Crippen LogP contribution in [0.2, 0.25) is 0 Å². The third-order valence-corrected chi connectivity index (χ3v) is 3.84. The van der Waals surface area contributed by atoms with E-state index in [0.717, 1.165) is 51.3 Å². The maximum Gasteiger partial charge on any atom is 0.123 e. The fraction of sp³-hybridized carbons (Fsp3) is 0.588. The first kappa shape index (κ1) is 15.8. The lowest BCUT2D eigenvalue weighted by atomic mass is 10.1. The lowest BCUT2D eigenvalue weighted by Crippen LogP contribution is -2.32. The Balaban J connectivity index is 1.97. The largest absolute Gasteiger partial charge is 0.496 e. The van der Waals surface area contributed by atoms with E-state index in [1.807, 2.05) is 18.2 Å². The summed E-state index contributed by atoms with van der Waals surface area (Å²) in [6.07, 6.45) is 4.14. The molecule has 0 bridgehead atoms. The van der Waals surface area contributed by atoms with Crippen molar-refractivity contribution in [3.05, 3.63) is 29.8 Å². The molecule has 2 rings (SSSR count). The quantitative estimate of drug-likeness (QED) is 0.690. The highest BCUT2D eigenvalue weighted by atomic mass is 16.5. The molecule has 1 aliphatic heterocycles. The van der Waals surface area contributed by atoms with Crippen LogP contribution in [0.5, 0.6) is 5.75 Å². The molecule has 4 heteroatoms. The summed E-state index contributed by atoms with van der Waals surface area (Å²) in [5.74, 6) is 0.926. The number of rotatable bonds is 8. The Morgan fingerprint density at radius 1 is 1.43 bits per heavy atom. The molecule has 0 aromatic heterocycles. The highest BCUT2D eigenvalue weighted by Crippen LogP contribution is 2.21. The minimum Gasteiger partial charge on any atom is -0.496 e. The Morgan fingerprint density at radius 2 is 2.29 bits per heavy atom. The summed E-state index contributed by atoms with van der Waals surface area (Å²) < 4.78 is 11.2. The second kappa shape index (κ2) is 8.66. The minimum absolute atomic E-state index is 0.335. The van der Waals surface area contributed by atoms with Crippen molar-refractivity contribution in [3.8, 4) is 11.8 Å². The molecule has 0 N–H and O–H groups in total. The fourth-order valence-electron chi connectivity index (χ4n) is 2.77. The van der Waals surface area contributed by atoms with Crippen molar-refractivity contribution in [1.29, 1.82) is 5.26 Å². The molecule has 4 nitrogen and oxygen atoms in total. The van der Waals surface area contributed by atoms with Crippen LogP contribution >= 0.6 is 0 Å².